The van der Waals surface area contributed by atoms with E-state index in [9.17, 15) is 0 Å². The molecule has 2 aromatic heterocycles. The first-order valence-electron chi connectivity index (χ1n) is 21.8. The molecule has 3 aliphatic rings. The molecule has 0 saturated carbocycles. The van der Waals surface area contributed by atoms with Gasteiger partial charge >= 0.3 is 0 Å². The van der Waals surface area contributed by atoms with E-state index >= 15 is 0 Å². The zero-order valence-electron chi connectivity index (χ0n) is 34.4. The summed E-state index contributed by atoms with van der Waals surface area (Å²) in [6.45, 7) is -0.103. The molecule has 0 N–H and O–H groups in total. The maximum Gasteiger partial charge on any atom is 0.249 e. The Balaban J connectivity index is 1.30. The van der Waals surface area contributed by atoms with Gasteiger partial charge < -0.3 is 9.80 Å². The highest BCUT2D eigenvalue weighted by molar-refractivity contribution is 7.27. The Labute approximate surface area is 369 Å². The minimum atomic E-state index is -3.10. The van der Waals surface area contributed by atoms with Crippen molar-refractivity contribution in [3.05, 3.63) is 231 Å². The van der Waals surface area contributed by atoms with Crippen molar-refractivity contribution in [2.75, 3.05) is 9.80 Å². The highest BCUT2D eigenvalue weighted by atomic mass is 28.3. The van der Waals surface area contributed by atoms with Crippen molar-refractivity contribution in [1.29, 1.82) is 0 Å². The number of nitrogens with zero attached hydrogens (tertiary/aromatic N) is 4. The van der Waals surface area contributed by atoms with Gasteiger partial charge in [-0.3, -0.25) is 9.97 Å². The molecular weight excluding hydrogens is 778 g/mol. The van der Waals surface area contributed by atoms with Gasteiger partial charge in [0, 0.05) is 52.4 Å². The van der Waals surface area contributed by atoms with Gasteiger partial charge in [-0.05, 0) is 85.1 Å². The van der Waals surface area contributed by atoms with Gasteiger partial charge in [0.1, 0.15) is 0 Å². The number of pyridine rings is 2. The van der Waals surface area contributed by atoms with Crippen LogP contribution in [0.1, 0.15) is 0 Å². The van der Waals surface area contributed by atoms with Crippen LogP contribution in [0.15, 0.2) is 231 Å². The van der Waals surface area contributed by atoms with Crippen molar-refractivity contribution in [2.45, 2.75) is 0 Å². The lowest BCUT2D eigenvalue weighted by Crippen LogP contribution is -2.88. The molecule has 0 bridgehead atoms. The van der Waals surface area contributed by atoms with E-state index in [-0.39, 0.29) is 13.4 Å². The minimum Gasteiger partial charge on any atom is -0.312 e. The first-order chi connectivity index (χ1) is 31.3. The van der Waals surface area contributed by atoms with Crippen LogP contribution in [0.5, 0.6) is 0 Å². The van der Waals surface area contributed by atoms with Gasteiger partial charge in [-0.25, -0.2) is 0 Å². The lowest BCUT2D eigenvalue weighted by atomic mass is 9.30. The molecule has 0 amide bonds. The summed E-state index contributed by atoms with van der Waals surface area (Å²) in [5.74, 6) is 0. The smallest absolute Gasteiger partial charge is 0.249 e. The molecule has 0 radical (unpaired) electrons. The lowest BCUT2D eigenvalue weighted by molar-refractivity contribution is 1.24. The SMILES string of the molecule is c1ccc(B2c3ccccc3N(c3cccc4cccnc34)c3cc4c5c(c32)N(c2ccncc2)c2ccccc2B5c2ccccc2[Si]4(c2ccccc2)c2ccccc2)cc1. The van der Waals surface area contributed by atoms with Gasteiger partial charge in [0.05, 0.1) is 11.2 Å². The van der Waals surface area contributed by atoms with Gasteiger partial charge in [0.2, 0.25) is 13.4 Å². The third-order valence-corrected chi connectivity index (χ3v) is 18.7. The van der Waals surface area contributed by atoms with Crippen LogP contribution in [0.25, 0.3) is 10.9 Å². The van der Waals surface area contributed by atoms with E-state index in [1.807, 2.05) is 24.7 Å². The third kappa shape index (κ3) is 5.11. The van der Waals surface area contributed by atoms with Gasteiger partial charge in [-0.1, -0.05) is 181 Å². The maximum absolute atomic E-state index is 5.13. The fourth-order valence-electron chi connectivity index (χ4n) is 11.4. The summed E-state index contributed by atoms with van der Waals surface area (Å²) in [5.41, 5.74) is 15.8. The summed E-state index contributed by atoms with van der Waals surface area (Å²) in [4.78, 5) is 14.8. The van der Waals surface area contributed by atoms with Crippen LogP contribution in [0.3, 0.4) is 0 Å². The number of rotatable bonds is 5. The Hall–Kier alpha value is -7.73. The van der Waals surface area contributed by atoms with E-state index < -0.39 is 8.07 Å². The Morgan fingerprint density at radius 1 is 0.397 bits per heavy atom. The molecule has 0 fully saturated rings. The summed E-state index contributed by atoms with van der Waals surface area (Å²) in [5, 5.41) is 6.69. The normalized spacial score (nSPS) is 14.0. The van der Waals surface area contributed by atoms with Gasteiger partial charge in [0.15, 0.2) is 8.07 Å². The van der Waals surface area contributed by atoms with E-state index in [4.69, 9.17) is 4.98 Å². The molecule has 5 heterocycles. The number of aromatic nitrogens is 2. The monoisotopic (exact) mass is 816 g/mol. The zero-order chi connectivity index (χ0) is 41.5. The summed E-state index contributed by atoms with van der Waals surface area (Å²) in [7, 11) is -3.10. The summed E-state index contributed by atoms with van der Waals surface area (Å²) < 4.78 is 0. The van der Waals surface area contributed by atoms with Crippen molar-refractivity contribution < 1.29 is 0 Å². The van der Waals surface area contributed by atoms with E-state index in [1.54, 1.807) is 0 Å². The first kappa shape index (κ1) is 36.0. The number of hydrogen-bond donors (Lipinski definition) is 0. The van der Waals surface area contributed by atoms with Crippen LogP contribution in [0.2, 0.25) is 0 Å². The van der Waals surface area contributed by atoms with Gasteiger partial charge in [-0.2, -0.15) is 0 Å². The molecule has 8 aromatic carbocycles. The molecule has 13 rings (SSSR count). The largest absolute Gasteiger partial charge is 0.312 e. The molecule has 0 atom stereocenters. The molecule has 4 nitrogen and oxygen atoms in total. The molecule has 0 spiro atoms. The fraction of sp³-hybridized carbons (Fsp3) is 0. The number of hydrogen-bond acceptors (Lipinski definition) is 4. The first-order valence-corrected chi connectivity index (χ1v) is 23.8. The molecule has 292 valence electrons. The second kappa shape index (κ2) is 14.2. The van der Waals surface area contributed by atoms with Crippen molar-refractivity contribution in [3.8, 4) is 0 Å². The maximum atomic E-state index is 5.13. The predicted octanol–water partition coefficient (Wildman–Crippen LogP) is 5.92. The van der Waals surface area contributed by atoms with E-state index in [1.165, 1.54) is 70.6 Å². The number of anilines is 6. The number of para-hydroxylation sites is 3. The number of fused-ring (bicyclic) bond motifs is 8. The second-order valence-corrected chi connectivity index (χ2v) is 20.5. The Bertz CT molecular complexity index is 3340. The van der Waals surface area contributed by atoms with Gasteiger partial charge in [-0.15, -0.1) is 0 Å². The predicted molar refractivity (Wildman–Crippen MR) is 268 cm³/mol. The van der Waals surface area contributed by atoms with Crippen LogP contribution in [0, 0.1) is 0 Å². The zero-order valence-corrected chi connectivity index (χ0v) is 35.4. The van der Waals surface area contributed by atoms with Crippen LogP contribution >= 0.6 is 0 Å². The fourth-order valence-corrected chi connectivity index (χ4v) is 16.7. The average molecular weight is 817 g/mol. The quantitative estimate of drug-likeness (QED) is 0.202. The van der Waals surface area contributed by atoms with Crippen molar-refractivity contribution in [2.24, 2.45) is 0 Å². The van der Waals surface area contributed by atoms with Gasteiger partial charge in [0.25, 0.3) is 0 Å². The summed E-state index contributed by atoms with van der Waals surface area (Å²) >= 11 is 0. The van der Waals surface area contributed by atoms with Crippen LogP contribution < -0.4 is 63.3 Å². The second-order valence-electron chi connectivity index (χ2n) is 16.8. The highest BCUT2D eigenvalue weighted by Crippen LogP contribution is 2.44. The highest BCUT2D eigenvalue weighted by Gasteiger charge is 2.55. The minimum absolute atomic E-state index is 0.0138. The van der Waals surface area contributed by atoms with E-state index in [2.05, 4.69) is 221 Å². The Morgan fingerprint density at radius 2 is 0.968 bits per heavy atom. The molecule has 63 heavy (non-hydrogen) atoms. The van der Waals surface area contributed by atoms with Crippen LogP contribution in [0.4, 0.5) is 34.1 Å². The molecular formula is C56H38B2N4Si. The molecule has 10 aromatic rings. The van der Waals surface area contributed by atoms with E-state index in [0.717, 1.165) is 28.0 Å². The van der Waals surface area contributed by atoms with Crippen molar-refractivity contribution in [3.63, 3.8) is 0 Å². The average Bonchev–Trinajstić information content (AvgIpc) is 3.36. The van der Waals surface area contributed by atoms with E-state index in [0.29, 0.717) is 0 Å². The lowest BCUT2D eigenvalue weighted by Gasteiger charge is -2.50. The Kier molecular flexibility index (Phi) is 8.09. The summed E-state index contributed by atoms with van der Waals surface area (Å²) in [6, 6.07) is 79.5. The number of benzene rings is 8. The van der Waals surface area contributed by atoms with Crippen LogP contribution in [-0.2, 0) is 0 Å². The molecule has 0 saturated heterocycles. The van der Waals surface area contributed by atoms with Crippen LogP contribution in [-0.4, -0.2) is 31.5 Å². The Morgan fingerprint density at radius 3 is 1.68 bits per heavy atom. The molecule has 7 heteroatoms. The topological polar surface area (TPSA) is 32.3 Å². The molecule has 3 aliphatic heterocycles. The molecule has 0 aliphatic carbocycles. The molecule has 0 unspecified atom stereocenters. The summed E-state index contributed by atoms with van der Waals surface area (Å²) in [6.07, 6.45) is 5.80. The third-order valence-electron chi connectivity index (χ3n) is 13.8. The van der Waals surface area contributed by atoms with Crippen molar-refractivity contribution in [1.82, 2.24) is 9.97 Å². The van der Waals surface area contributed by atoms with Crippen molar-refractivity contribution >= 4 is 120 Å². The standard InChI is InChI=1S/C56H38B2N4Si/c1-4-20-40(21-5-1)57-44-26-10-14-30-48(44)62(49-31-16-18-39-19-17-35-60-55(39)49)50-38-52-54-56(53(50)57)61(41-33-36-59-37-34-41)47-29-13-11-27-45(47)58(54)46-28-12-15-32-51(46)63(52,42-22-6-2-7-23-42)43-24-8-3-9-25-43/h1-38H.